The molecule has 3 aromatic carbocycles. The van der Waals surface area contributed by atoms with E-state index in [0.29, 0.717) is 19.1 Å². The number of fused-ring (bicyclic) bond motifs is 3. The second-order valence-electron chi connectivity index (χ2n) is 8.29. The fraction of sp³-hybridized carbons (Fsp3) is 0.385. The average Bonchev–Trinajstić information content (AvgIpc) is 3.22. The number of hydrogen-bond acceptors (Lipinski definition) is 3. The highest BCUT2D eigenvalue weighted by Gasteiger charge is 2.46. The standard InChI is InChI=1S/C26H28O3/c1-19(22-13-7-10-20-9-2-3-12-23(20)22)8-6-11-21-18-26(27-16-17-28-26)24-14-4-5-15-25(24)29-21/h2-5,7,9-10,12-15,19,21H,6,8,11,16-18H2,1H3/t19-,21-/m0/s1. The first kappa shape index (κ1) is 18.7. The van der Waals surface area contributed by atoms with Crippen molar-refractivity contribution in [3.8, 4) is 5.75 Å². The molecular formula is C26H28O3. The van der Waals surface area contributed by atoms with E-state index >= 15 is 0 Å². The Kier molecular flexibility index (Phi) is 5.03. The van der Waals surface area contributed by atoms with Gasteiger partial charge in [0.2, 0.25) is 5.79 Å². The molecule has 29 heavy (non-hydrogen) atoms. The van der Waals surface area contributed by atoms with Crippen molar-refractivity contribution in [3.63, 3.8) is 0 Å². The molecular weight excluding hydrogens is 360 g/mol. The fourth-order valence-electron chi connectivity index (χ4n) is 4.89. The zero-order valence-corrected chi connectivity index (χ0v) is 17.0. The molecule has 2 aliphatic heterocycles. The van der Waals surface area contributed by atoms with E-state index in [1.807, 2.05) is 18.2 Å². The van der Waals surface area contributed by atoms with Crippen molar-refractivity contribution < 1.29 is 14.2 Å². The van der Waals surface area contributed by atoms with Gasteiger partial charge in [0.05, 0.1) is 18.8 Å². The van der Waals surface area contributed by atoms with Gasteiger partial charge in [-0.3, -0.25) is 0 Å². The van der Waals surface area contributed by atoms with Crippen LogP contribution in [0.2, 0.25) is 0 Å². The van der Waals surface area contributed by atoms with Crippen LogP contribution in [0.1, 0.15) is 49.7 Å². The summed E-state index contributed by atoms with van der Waals surface area (Å²) in [6, 6.07) is 23.5. The summed E-state index contributed by atoms with van der Waals surface area (Å²) in [4.78, 5) is 0. The zero-order chi connectivity index (χ0) is 19.7. The maximum Gasteiger partial charge on any atom is 0.202 e. The Morgan fingerprint density at radius 3 is 2.59 bits per heavy atom. The summed E-state index contributed by atoms with van der Waals surface area (Å²) in [6.45, 7) is 3.64. The average molecular weight is 389 g/mol. The summed E-state index contributed by atoms with van der Waals surface area (Å²) < 4.78 is 18.5. The Hall–Kier alpha value is -2.36. The second-order valence-corrected chi connectivity index (χ2v) is 8.29. The first-order chi connectivity index (χ1) is 14.3. The van der Waals surface area contributed by atoms with Crippen LogP contribution >= 0.6 is 0 Å². The molecule has 1 saturated heterocycles. The van der Waals surface area contributed by atoms with Gasteiger partial charge in [-0.15, -0.1) is 0 Å². The normalized spacial score (nSPS) is 21.1. The van der Waals surface area contributed by atoms with Crippen molar-refractivity contribution in [1.29, 1.82) is 0 Å². The highest BCUT2D eigenvalue weighted by molar-refractivity contribution is 5.86. The highest BCUT2D eigenvalue weighted by Crippen LogP contribution is 2.46. The van der Waals surface area contributed by atoms with E-state index in [-0.39, 0.29) is 6.10 Å². The summed E-state index contributed by atoms with van der Waals surface area (Å²) in [6.07, 6.45) is 4.17. The summed E-state index contributed by atoms with van der Waals surface area (Å²) in [7, 11) is 0. The minimum atomic E-state index is -0.610. The lowest BCUT2D eigenvalue weighted by Crippen LogP contribution is -2.39. The van der Waals surface area contributed by atoms with Crippen molar-refractivity contribution in [3.05, 3.63) is 77.9 Å². The molecule has 0 aromatic heterocycles. The SMILES string of the molecule is C[C@@H](CCC[C@H]1CC2(OCCO2)c2ccccc2O1)c1cccc2ccccc12. The van der Waals surface area contributed by atoms with E-state index in [9.17, 15) is 0 Å². The molecule has 0 saturated carbocycles. The molecule has 0 aliphatic carbocycles. The molecule has 0 radical (unpaired) electrons. The molecule has 0 unspecified atom stereocenters. The van der Waals surface area contributed by atoms with E-state index in [0.717, 1.165) is 37.0 Å². The van der Waals surface area contributed by atoms with Crippen molar-refractivity contribution >= 4 is 10.8 Å². The summed E-state index contributed by atoms with van der Waals surface area (Å²) in [5.41, 5.74) is 2.48. The Morgan fingerprint density at radius 2 is 1.69 bits per heavy atom. The largest absolute Gasteiger partial charge is 0.490 e. The van der Waals surface area contributed by atoms with Crippen LogP contribution in [0, 0.1) is 0 Å². The number of hydrogen-bond donors (Lipinski definition) is 0. The third-order valence-corrected chi connectivity index (χ3v) is 6.36. The number of benzene rings is 3. The molecule has 0 bridgehead atoms. The van der Waals surface area contributed by atoms with E-state index in [1.165, 1.54) is 16.3 Å². The van der Waals surface area contributed by atoms with E-state index < -0.39 is 5.79 Å². The van der Waals surface area contributed by atoms with Crippen LogP contribution in [0.5, 0.6) is 5.75 Å². The van der Waals surface area contributed by atoms with E-state index in [2.05, 4.69) is 55.5 Å². The van der Waals surface area contributed by atoms with Gasteiger partial charge < -0.3 is 14.2 Å². The van der Waals surface area contributed by atoms with Crippen LogP contribution < -0.4 is 4.74 Å². The molecule has 2 heterocycles. The number of para-hydroxylation sites is 1. The minimum Gasteiger partial charge on any atom is -0.490 e. The Labute approximate surface area is 172 Å². The lowest BCUT2D eigenvalue weighted by Gasteiger charge is -2.38. The van der Waals surface area contributed by atoms with Gasteiger partial charge in [0.1, 0.15) is 11.9 Å². The van der Waals surface area contributed by atoms with Crippen molar-refractivity contribution in [2.45, 2.75) is 50.4 Å². The summed E-state index contributed by atoms with van der Waals surface area (Å²) in [5, 5.41) is 2.69. The van der Waals surface area contributed by atoms with Crippen molar-refractivity contribution in [2.75, 3.05) is 13.2 Å². The van der Waals surface area contributed by atoms with Crippen LogP contribution in [0.3, 0.4) is 0 Å². The van der Waals surface area contributed by atoms with Gasteiger partial charge in [-0.25, -0.2) is 0 Å². The van der Waals surface area contributed by atoms with Gasteiger partial charge in [0, 0.05) is 6.42 Å². The van der Waals surface area contributed by atoms with Gasteiger partial charge in [-0.05, 0) is 53.6 Å². The third kappa shape index (κ3) is 3.54. The summed E-state index contributed by atoms with van der Waals surface area (Å²) in [5.74, 6) is 0.818. The van der Waals surface area contributed by atoms with Gasteiger partial charge in [-0.2, -0.15) is 0 Å². The van der Waals surface area contributed by atoms with Crippen LogP contribution in [-0.2, 0) is 15.3 Å². The van der Waals surface area contributed by atoms with Gasteiger partial charge in [0.15, 0.2) is 0 Å². The molecule has 3 nitrogen and oxygen atoms in total. The van der Waals surface area contributed by atoms with Crippen molar-refractivity contribution in [2.24, 2.45) is 0 Å². The molecule has 1 fully saturated rings. The molecule has 0 amide bonds. The molecule has 3 heteroatoms. The van der Waals surface area contributed by atoms with E-state index in [1.54, 1.807) is 0 Å². The smallest absolute Gasteiger partial charge is 0.202 e. The highest BCUT2D eigenvalue weighted by atomic mass is 16.7. The maximum absolute atomic E-state index is 6.32. The zero-order valence-electron chi connectivity index (χ0n) is 17.0. The fourth-order valence-corrected chi connectivity index (χ4v) is 4.89. The van der Waals surface area contributed by atoms with Crippen LogP contribution in [0.25, 0.3) is 10.8 Å². The third-order valence-electron chi connectivity index (χ3n) is 6.36. The molecule has 3 aromatic rings. The van der Waals surface area contributed by atoms with Gasteiger partial charge in [-0.1, -0.05) is 61.5 Å². The first-order valence-corrected chi connectivity index (χ1v) is 10.8. The minimum absolute atomic E-state index is 0.128. The predicted molar refractivity (Wildman–Crippen MR) is 115 cm³/mol. The molecule has 5 rings (SSSR count). The summed E-state index contributed by atoms with van der Waals surface area (Å²) >= 11 is 0. The first-order valence-electron chi connectivity index (χ1n) is 10.8. The molecule has 150 valence electrons. The quantitative estimate of drug-likeness (QED) is 0.523. The second kappa shape index (κ2) is 7.81. The number of ether oxygens (including phenoxy) is 3. The Balaban J connectivity index is 1.26. The van der Waals surface area contributed by atoms with Gasteiger partial charge in [0.25, 0.3) is 0 Å². The molecule has 2 atom stereocenters. The van der Waals surface area contributed by atoms with Crippen LogP contribution in [0.4, 0.5) is 0 Å². The molecule has 1 spiro atoms. The van der Waals surface area contributed by atoms with Crippen LogP contribution in [0.15, 0.2) is 66.7 Å². The number of rotatable bonds is 5. The topological polar surface area (TPSA) is 27.7 Å². The predicted octanol–water partition coefficient (Wildman–Crippen LogP) is 6.16. The van der Waals surface area contributed by atoms with Crippen molar-refractivity contribution in [1.82, 2.24) is 0 Å². The lowest BCUT2D eigenvalue weighted by molar-refractivity contribution is -0.195. The monoisotopic (exact) mass is 388 g/mol. The van der Waals surface area contributed by atoms with E-state index in [4.69, 9.17) is 14.2 Å². The molecule has 2 aliphatic rings. The van der Waals surface area contributed by atoms with Gasteiger partial charge >= 0.3 is 0 Å². The lowest BCUT2D eigenvalue weighted by atomic mass is 9.89. The molecule has 0 N–H and O–H groups in total. The Bertz CT molecular complexity index is 985. The Morgan fingerprint density at radius 1 is 0.931 bits per heavy atom. The van der Waals surface area contributed by atoms with Crippen LogP contribution in [-0.4, -0.2) is 19.3 Å². The maximum atomic E-state index is 6.32.